The molecule has 1 aromatic heterocycles. The zero-order valence-corrected chi connectivity index (χ0v) is 13.4. The van der Waals surface area contributed by atoms with E-state index < -0.39 is 0 Å². The van der Waals surface area contributed by atoms with E-state index in [2.05, 4.69) is 42.6 Å². The van der Waals surface area contributed by atoms with Crippen molar-refractivity contribution in [1.29, 1.82) is 0 Å². The van der Waals surface area contributed by atoms with Crippen molar-refractivity contribution in [2.45, 2.75) is 57.0 Å². The Bertz CT molecular complexity index is 624. The molecule has 4 rings (SSSR count). The molecule has 0 radical (unpaired) electrons. The van der Waals surface area contributed by atoms with Crippen molar-refractivity contribution >= 4 is 11.3 Å². The molecule has 21 heavy (non-hydrogen) atoms. The first-order valence-electron chi connectivity index (χ1n) is 8.10. The number of rotatable bonds is 6. The molecule has 1 heterocycles. The van der Waals surface area contributed by atoms with Gasteiger partial charge in [-0.1, -0.05) is 37.3 Å². The summed E-state index contributed by atoms with van der Waals surface area (Å²) in [7, 11) is 0. The number of aromatic nitrogens is 1. The number of hydrogen-bond donors (Lipinski definition) is 1. The standard InChI is InChI=1S/C18H22N2S/c1-2-15-16(12-19-14-8-9-14)21-17(20-15)18(10-11-18)13-6-4-3-5-7-13/h3-7,14,19H,2,8-12H2,1H3. The van der Waals surface area contributed by atoms with E-state index in [0.717, 1.165) is 19.0 Å². The van der Waals surface area contributed by atoms with Crippen LogP contribution in [0.2, 0.25) is 0 Å². The third-order valence-electron chi connectivity index (χ3n) is 4.73. The molecule has 0 amide bonds. The van der Waals surface area contributed by atoms with Crippen LogP contribution in [0, 0.1) is 0 Å². The van der Waals surface area contributed by atoms with Gasteiger partial charge in [-0.05, 0) is 37.7 Å². The van der Waals surface area contributed by atoms with Crippen LogP contribution in [0.3, 0.4) is 0 Å². The Morgan fingerprint density at radius 1 is 1.24 bits per heavy atom. The van der Waals surface area contributed by atoms with E-state index in [0.29, 0.717) is 0 Å². The lowest BCUT2D eigenvalue weighted by atomic mass is 9.97. The van der Waals surface area contributed by atoms with Crippen molar-refractivity contribution < 1.29 is 0 Å². The predicted octanol–water partition coefficient (Wildman–Crippen LogP) is 4.04. The fraction of sp³-hybridized carbons (Fsp3) is 0.500. The van der Waals surface area contributed by atoms with E-state index in [1.165, 1.54) is 46.8 Å². The molecule has 0 spiro atoms. The number of nitrogens with one attached hydrogen (secondary N) is 1. The highest BCUT2D eigenvalue weighted by molar-refractivity contribution is 7.12. The fourth-order valence-electron chi connectivity index (χ4n) is 3.04. The lowest BCUT2D eigenvalue weighted by molar-refractivity contribution is 0.688. The molecule has 2 aromatic rings. The first kappa shape index (κ1) is 13.5. The molecule has 0 saturated heterocycles. The summed E-state index contributed by atoms with van der Waals surface area (Å²) in [6, 6.07) is 11.7. The minimum absolute atomic E-state index is 0.230. The van der Waals surface area contributed by atoms with E-state index >= 15 is 0 Å². The number of aryl methyl sites for hydroxylation is 1. The maximum atomic E-state index is 5.02. The number of thiazole rings is 1. The SMILES string of the molecule is CCc1nc(C2(c3ccccc3)CC2)sc1CNC1CC1. The first-order chi connectivity index (χ1) is 10.3. The topological polar surface area (TPSA) is 24.9 Å². The molecule has 1 N–H and O–H groups in total. The molecule has 0 bridgehead atoms. The summed E-state index contributed by atoms with van der Waals surface area (Å²) >= 11 is 1.94. The Kier molecular flexibility index (Phi) is 3.35. The molecular weight excluding hydrogens is 276 g/mol. The van der Waals surface area contributed by atoms with E-state index in [9.17, 15) is 0 Å². The second-order valence-corrected chi connectivity index (χ2v) is 7.43. The monoisotopic (exact) mass is 298 g/mol. The van der Waals surface area contributed by atoms with Gasteiger partial charge in [0.25, 0.3) is 0 Å². The summed E-state index contributed by atoms with van der Waals surface area (Å²) in [5, 5.41) is 4.99. The Morgan fingerprint density at radius 3 is 2.62 bits per heavy atom. The van der Waals surface area contributed by atoms with Gasteiger partial charge in [0.2, 0.25) is 0 Å². The second kappa shape index (κ2) is 5.22. The van der Waals surface area contributed by atoms with Gasteiger partial charge in [0.1, 0.15) is 5.01 Å². The average molecular weight is 298 g/mol. The lowest BCUT2D eigenvalue weighted by Crippen LogP contribution is -2.15. The van der Waals surface area contributed by atoms with Gasteiger partial charge in [-0.2, -0.15) is 0 Å². The van der Waals surface area contributed by atoms with Crippen LogP contribution in [-0.2, 0) is 18.4 Å². The minimum atomic E-state index is 0.230. The summed E-state index contributed by atoms with van der Waals surface area (Å²) < 4.78 is 0. The molecule has 0 aliphatic heterocycles. The zero-order chi connectivity index (χ0) is 14.3. The molecule has 2 nitrogen and oxygen atoms in total. The third-order valence-corrected chi connectivity index (χ3v) is 6.03. The zero-order valence-electron chi connectivity index (χ0n) is 12.6. The molecule has 110 valence electrons. The van der Waals surface area contributed by atoms with Crippen molar-refractivity contribution in [2.24, 2.45) is 0 Å². The Balaban J connectivity index is 1.62. The summed E-state index contributed by atoms with van der Waals surface area (Å²) in [5.41, 5.74) is 2.99. The van der Waals surface area contributed by atoms with E-state index in [1.807, 2.05) is 11.3 Å². The second-order valence-electron chi connectivity index (χ2n) is 6.35. The van der Waals surface area contributed by atoms with E-state index in [-0.39, 0.29) is 5.41 Å². The third kappa shape index (κ3) is 2.53. The highest BCUT2D eigenvalue weighted by Crippen LogP contribution is 2.54. The van der Waals surface area contributed by atoms with Crippen LogP contribution in [0.25, 0.3) is 0 Å². The smallest absolute Gasteiger partial charge is 0.104 e. The normalized spacial score (nSPS) is 19.7. The fourth-order valence-corrected chi connectivity index (χ4v) is 4.40. The van der Waals surface area contributed by atoms with E-state index in [1.54, 1.807) is 0 Å². The summed E-state index contributed by atoms with van der Waals surface area (Å²) in [4.78, 5) is 6.48. The number of benzene rings is 1. The van der Waals surface area contributed by atoms with Crippen molar-refractivity contribution in [3.8, 4) is 0 Å². The predicted molar refractivity (Wildman–Crippen MR) is 87.8 cm³/mol. The average Bonchev–Trinajstić information content (AvgIpc) is 3.45. The molecule has 2 aliphatic rings. The van der Waals surface area contributed by atoms with Gasteiger partial charge < -0.3 is 5.32 Å². The van der Waals surface area contributed by atoms with E-state index in [4.69, 9.17) is 4.98 Å². The minimum Gasteiger partial charge on any atom is -0.309 e. The van der Waals surface area contributed by atoms with Gasteiger partial charge in [-0.15, -0.1) is 11.3 Å². The molecular formula is C18H22N2S. The maximum absolute atomic E-state index is 5.02. The van der Waals surface area contributed by atoms with Gasteiger partial charge in [-0.25, -0.2) is 4.98 Å². The van der Waals surface area contributed by atoms with Gasteiger partial charge >= 0.3 is 0 Å². The number of hydrogen-bond acceptors (Lipinski definition) is 3. The largest absolute Gasteiger partial charge is 0.309 e. The lowest BCUT2D eigenvalue weighted by Gasteiger charge is -2.12. The van der Waals surface area contributed by atoms with Gasteiger partial charge in [0.05, 0.1) is 5.69 Å². The Labute approximate surface area is 130 Å². The maximum Gasteiger partial charge on any atom is 0.104 e. The van der Waals surface area contributed by atoms with Crippen LogP contribution in [0.15, 0.2) is 30.3 Å². The molecule has 1 aromatic carbocycles. The van der Waals surface area contributed by atoms with Crippen LogP contribution in [0.5, 0.6) is 0 Å². The molecule has 0 atom stereocenters. The van der Waals surface area contributed by atoms with Crippen LogP contribution >= 0.6 is 11.3 Å². The van der Waals surface area contributed by atoms with Crippen LogP contribution in [0.1, 0.15) is 53.7 Å². The number of nitrogens with zero attached hydrogens (tertiary/aromatic N) is 1. The molecule has 3 heteroatoms. The van der Waals surface area contributed by atoms with Crippen molar-refractivity contribution in [3.05, 3.63) is 51.5 Å². The van der Waals surface area contributed by atoms with Crippen molar-refractivity contribution in [3.63, 3.8) is 0 Å². The summed E-state index contributed by atoms with van der Waals surface area (Å²) in [6.07, 6.45) is 6.25. The molecule has 2 fully saturated rings. The quantitative estimate of drug-likeness (QED) is 0.870. The summed E-state index contributed by atoms with van der Waals surface area (Å²) in [6.45, 7) is 3.23. The molecule has 2 saturated carbocycles. The van der Waals surface area contributed by atoms with Crippen LogP contribution < -0.4 is 5.32 Å². The summed E-state index contributed by atoms with van der Waals surface area (Å²) in [5.74, 6) is 0. The molecule has 0 unspecified atom stereocenters. The molecule has 2 aliphatic carbocycles. The van der Waals surface area contributed by atoms with Crippen LogP contribution in [0.4, 0.5) is 0 Å². The Morgan fingerprint density at radius 2 is 2.00 bits per heavy atom. The highest BCUT2D eigenvalue weighted by atomic mass is 32.1. The van der Waals surface area contributed by atoms with Crippen molar-refractivity contribution in [1.82, 2.24) is 10.3 Å². The van der Waals surface area contributed by atoms with Gasteiger partial charge in [0, 0.05) is 22.9 Å². The Hall–Kier alpha value is -1.19. The van der Waals surface area contributed by atoms with Gasteiger partial charge in [-0.3, -0.25) is 0 Å². The van der Waals surface area contributed by atoms with Crippen molar-refractivity contribution in [2.75, 3.05) is 0 Å². The first-order valence-corrected chi connectivity index (χ1v) is 8.91. The van der Waals surface area contributed by atoms with Crippen LogP contribution in [-0.4, -0.2) is 11.0 Å². The highest BCUT2D eigenvalue weighted by Gasteiger charge is 2.48. The van der Waals surface area contributed by atoms with Gasteiger partial charge in [0.15, 0.2) is 0 Å².